The van der Waals surface area contributed by atoms with Crippen LogP contribution in [0.2, 0.25) is 0 Å². The lowest BCUT2D eigenvalue weighted by molar-refractivity contribution is 0.189. The molecule has 2 nitrogen and oxygen atoms in total. The van der Waals surface area contributed by atoms with Crippen LogP contribution in [-0.4, -0.2) is 30.8 Å². The molecule has 0 radical (unpaired) electrons. The minimum Gasteiger partial charge on any atom is -0.381 e. The zero-order chi connectivity index (χ0) is 8.10. The molecule has 1 aliphatic rings. The van der Waals surface area contributed by atoms with Crippen molar-refractivity contribution in [3.05, 3.63) is 0 Å². The Morgan fingerprint density at radius 1 is 1.73 bits per heavy atom. The Labute approximate surface area is 72.9 Å². The maximum absolute atomic E-state index is 5.50. The molecule has 0 aromatic rings. The Morgan fingerprint density at radius 3 is 3.09 bits per heavy atom. The number of ether oxygens (including phenoxy) is 1. The lowest BCUT2D eigenvalue weighted by atomic mass is 10.2. The van der Waals surface area contributed by atoms with Gasteiger partial charge in [-0.3, -0.25) is 0 Å². The van der Waals surface area contributed by atoms with Gasteiger partial charge in [0.2, 0.25) is 0 Å². The van der Waals surface area contributed by atoms with Gasteiger partial charge in [-0.15, -0.1) is 0 Å². The average molecular weight is 175 g/mol. The van der Waals surface area contributed by atoms with Gasteiger partial charge in [0.05, 0.1) is 6.61 Å². The van der Waals surface area contributed by atoms with Gasteiger partial charge in [0.15, 0.2) is 0 Å². The molecule has 66 valence electrons. The van der Waals surface area contributed by atoms with E-state index in [0.29, 0.717) is 5.25 Å². The lowest BCUT2D eigenvalue weighted by Crippen LogP contribution is -2.15. The Morgan fingerprint density at radius 2 is 2.55 bits per heavy atom. The van der Waals surface area contributed by atoms with Crippen LogP contribution in [0.3, 0.4) is 0 Å². The molecule has 1 fully saturated rings. The quantitative estimate of drug-likeness (QED) is 0.695. The third kappa shape index (κ3) is 3.45. The predicted molar refractivity (Wildman–Crippen MR) is 49.9 cm³/mol. The molecule has 2 atom stereocenters. The number of rotatable bonds is 4. The third-order valence-corrected chi connectivity index (χ3v) is 3.40. The van der Waals surface area contributed by atoms with Crippen LogP contribution in [-0.2, 0) is 4.74 Å². The smallest absolute Gasteiger partial charge is 0.0503 e. The molecule has 1 rings (SSSR count). The summed E-state index contributed by atoms with van der Waals surface area (Å²) in [4.78, 5) is 0. The zero-order valence-electron chi connectivity index (χ0n) is 7.08. The second-order valence-corrected chi connectivity index (χ2v) is 4.58. The van der Waals surface area contributed by atoms with Crippen LogP contribution in [0.25, 0.3) is 0 Å². The van der Waals surface area contributed by atoms with E-state index in [9.17, 15) is 0 Å². The summed E-state index contributed by atoms with van der Waals surface area (Å²) >= 11 is 1.97. The first-order chi connectivity index (χ1) is 5.33. The van der Waals surface area contributed by atoms with Crippen LogP contribution in [0.4, 0.5) is 0 Å². The Bertz CT molecular complexity index is 104. The van der Waals surface area contributed by atoms with Crippen LogP contribution in [0.5, 0.6) is 0 Å². The highest BCUT2D eigenvalue weighted by molar-refractivity contribution is 7.99. The van der Waals surface area contributed by atoms with E-state index in [-0.39, 0.29) is 0 Å². The van der Waals surface area contributed by atoms with Gasteiger partial charge in [-0.1, -0.05) is 6.92 Å². The summed E-state index contributed by atoms with van der Waals surface area (Å²) < 4.78 is 5.28. The van der Waals surface area contributed by atoms with Crippen LogP contribution in [0, 0.1) is 5.92 Å². The fraction of sp³-hybridized carbons (Fsp3) is 1.00. The zero-order valence-corrected chi connectivity index (χ0v) is 7.90. The first-order valence-electron chi connectivity index (χ1n) is 4.22. The first kappa shape index (κ1) is 9.36. The highest BCUT2D eigenvalue weighted by Crippen LogP contribution is 2.20. The van der Waals surface area contributed by atoms with E-state index in [0.717, 1.165) is 25.7 Å². The van der Waals surface area contributed by atoms with Gasteiger partial charge < -0.3 is 10.5 Å². The lowest BCUT2D eigenvalue weighted by Gasteiger charge is -2.10. The van der Waals surface area contributed by atoms with Gasteiger partial charge >= 0.3 is 0 Å². The fourth-order valence-electron chi connectivity index (χ4n) is 1.08. The summed E-state index contributed by atoms with van der Waals surface area (Å²) in [6.45, 7) is 4.89. The molecule has 0 aliphatic carbocycles. The SMILES string of the molecule is CC(CN)SCC1CCOC1. The molecular weight excluding hydrogens is 158 g/mol. The maximum Gasteiger partial charge on any atom is 0.0503 e. The number of thioether (sulfide) groups is 1. The molecule has 2 N–H and O–H groups in total. The van der Waals surface area contributed by atoms with Gasteiger partial charge in [0.25, 0.3) is 0 Å². The highest BCUT2D eigenvalue weighted by Gasteiger charge is 2.16. The van der Waals surface area contributed by atoms with Crippen molar-refractivity contribution in [1.82, 2.24) is 0 Å². The molecule has 0 aromatic carbocycles. The summed E-state index contributed by atoms with van der Waals surface area (Å²) in [6, 6.07) is 0. The molecule has 1 heterocycles. The van der Waals surface area contributed by atoms with Crippen molar-refractivity contribution in [3.8, 4) is 0 Å². The van der Waals surface area contributed by atoms with Gasteiger partial charge in [0, 0.05) is 18.4 Å². The maximum atomic E-state index is 5.50. The van der Waals surface area contributed by atoms with Gasteiger partial charge in [-0.25, -0.2) is 0 Å². The van der Waals surface area contributed by atoms with Crippen LogP contribution < -0.4 is 5.73 Å². The van der Waals surface area contributed by atoms with Gasteiger partial charge in [0.1, 0.15) is 0 Å². The van der Waals surface area contributed by atoms with E-state index in [4.69, 9.17) is 10.5 Å². The molecule has 1 saturated heterocycles. The third-order valence-electron chi connectivity index (χ3n) is 1.97. The van der Waals surface area contributed by atoms with Crippen molar-refractivity contribution < 1.29 is 4.74 Å². The van der Waals surface area contributed by atoms with E-state index in [1.54, 1.807) is 0 Å². The topological polar surface area (TPSA) is 35.2 Å². The minimum absolute atomic E-state index is 0.607. The number of hydrogen-bond acceptors (Lipinski definition) is 3. The largest absolute Gasteiger partial charge is 0.381 e. The van der Waals surface area contributed by atoms with Crippen molar-refractivity contribution in [2.24, 2.45) is 11.7 Å². The van der Waals surface area contributed by atoms with Gasteiger partial charge in [-0.2, -0.15) is 11.8 Å². The summed E-state index contributed by atoms with van der Waals surface area (Å²) in [5, 5.41) is 0.607. The number of hydrogen-bond donors (Lipinski definition) is 1. The van der Waals surface area contributed by atoms with Gasteiger partial charge in [-0.05, 0) is 18.1 Å². The molecule has 0 amide bonds. The Kier molecular flexibility index (Phi) is 4.26. The van der Waals surface area contributed by atoms with Crippen LogP contribution in [0.1, 0.15) is 13.3 Å². The second kappa shape index (κ2) is 5.01. The molecule has 0 spiro atoms. The van der Waals surface area contributed by atoms with E-state index in [1.165, 1.54) is 12.2 Å². The van der Waals surface area contributed by atoms with E-state index < -0.39 is 0 Å². The first-order valence-corrected chi connectivity index (χ1v) is 5.27. The van der Waals surface area contributed by atoms with Crippen molar-refractivity contribution in [2.45, 2.75) is 18.6 Å². The summed E-state index contributed by atoms with van der Waals surface area (Å²) in [6.07, 6.45) is 1.24. The standard InChI is InChI=1S/C8H17NOS/c1-7(4-9)11-6-8-2-3-10-5-8/h7-8H,2-6,9H2,1H3. The van der Waals surface area contributed by atoms with Crippen LogP contribution >= 0.6 is 11.8 Å². The average Bonchev–Trinajstić information content (AvgIpc) is 2.52. The van der Waals surface area contributed by atoms with E-state index >= 15 is 0 Å². The summed E-state index contributed by atoms with van der Waals surface area (Å²) in [7, 11) is 0. The predicted octanol–water partition coefficient (Wildman–Crippen LogP) is 1.10. The monoisotopic (exact) mass is 175 g/mol. The minimum atomic E-state index is 0.607. The van der Waals surface area contributed by atoms with E-state index in [2.05, 4.69) is 6.92 Å². The highest BCUT2D eigenvalue weighted by atomic mass is 32.2. The molecule has 0 aromatic heterocycles. The summed E-state index contributed by atoms with van der Waals surface area (Å²) in [5.74, 6) is 2.01. The molecule has 0 bridgehead atoms. The molecule has 11 heavy (non-hydrogen) atoms. The summed E-state index contributed by atoms with van der Waals surface area (Å²) in [5.41, 5.74) is 5.50. The molecule has 3 heteroatoms. The van der Waals surface area contributed by atoms with Crippen LogP contribution in [0.15, 0.2) is 0 Å². The van der Waals surface area contributed by atoms with Crippen molar-refractivity contribution in [2.75, 3.05) is 25.5 Å². The molecule has 2 unspecified atom stereocenters. The molecule has 1 aliphatic heterocycles. The second-order valence-electron chi connectivity index (χ2n) is 3.11. The normalized spacial score (nSPS) is 27.3. The van der Waals surface area contributed by atoms with Crippen molar-refractivity contribution >= 4 is 11.8 Å². The van der Waals surface area contributed by atoms with E-state index in [1.807, 2.05) is 11.8 Å². The Hall–Kier alpha value is 0.270. The Balaban J connectivity index is 2.01. The fourth-order valence-corrected chi connectivity index (χ4v) is 2.08. The molecular formula is C8H17NOS. The molecule has 0 saturated carbocycles. The van der Waals surface area contributed by atoms with Crippen molar-refractivity contribution in [3.63, 3.8) is 0 Å². The number of nitrogens with two attached hydrogens (primary N) is 1. The van der Waals surface area contributed by atoms with Crippen molar-refractivity contribution in [1.29, 1.82) is 0 Å².